The van der Waals surface area contributed by atoms with Crippen molar-refractivity contribution in [2.75, 3.05) is 0 Å². The second-order valence-electron chi connectivity index (χ2n) is 12.4. The van der Waals surface area contributed by atoms with Gasteiger partial charge in [-0.1, -0.05) is 57.2 Å². The third kappa shape index (κ3) is 5.62. The predicted octanol–water partition coefficient (Wildman–Crippen LogP) is 7.25. The Balaban J connectivity index is 1.38. The number of carbonyl (C=O) groups excluding carboxylic acids is 1. The minimum atomic E-state index is -0.622. The van der Waals surface area contributed by atoms with Gasteiger partial charge in [0.1, 0.15) is 5.78 Å². The minimum absolute atomic E-state index is 0.0291. The quantitative estimate of drug-likeness (QED) is 0.342. The Morgan fingerprint density at radius 3 is 2.69 bits per heavy atom. The molecular weight excluding hydrogens is 432 g/mol. The molecule has 0 saturated heterocycles. The minimum Gasteiger partial charge on any atom is -0.393 e. The molecule has 0 heterocycles. The highest BCUT2D eigenvalue weighted by molar-refractivity contribution is 5.87. The van der Waals surface area contributed by atoms with Gasteiger partial charge < -0.3 is 10.2 Å². The Labute approximate surface area is 213 Å². The molecular formula is C32H48O3. The largest absolute Gasteiger partial charge is 0.393 e. The van der Waals surface area contributed by atoms with Gasteiger partial charge in [-0.15, -0.1) is 0 Å². The summed E-state index contributed by atoms with van der Waals surface area (Å²) in [5, 5.41) is 20.3. The Hall–Kier alpha value is -1.45. The van der Waals surface area contributed by atoms with Gasteiger partial charge in [0.25, 0.3) is 0 Å². The van der Waals surface area contributed by atoms with Crippen LogP contribution in [0.4, 0.5) is 0 Å². The number of allylic oxidation sites excluding steroid dienone is 5. The van der Waals surface area contributed by atoms with Crippen molar-refractivity contribution in [1.29, 1.82) is 0 Å². The SMILES string of the molecule is C=C1/C(=C\C=C2/CCC[C@]3(C)[C@@H]([C@H](C)/C=C/CCC4(C(=O)CCC)CC4)CC[C@@H]23)C[C@@H](O)C[C@@H]1O. The summed E-state index contributed by atoms with van der Waals surface area (Å²) in [6, 6.07) is 0. The summed E-state index contributed by atoms with van der Waals surface area (Å²) in [5.74, 6) is 2.39. The third-order valence-electron chi connectivity index (χ3n) is 10.1. The fraction of sp³-hybridized carbons (Fsp3) is 0.719. The normalized spacial score (nSPS) is 37.7. The summed E-state index contributed by atoms with van der Waals surface area (Å²) < 4.78 is 0. The molecule has 0 amide bonds. The van der Waals surface area contributed by atoms with E-state index in [9.17, 15) is 15.0 Å². The van der Waals surface area contributed by atoms with Gasteiger partial charge in [-0.05, 0) is 105 Å². The van der Waals surface area contributed by atoms with Gasteiger partial charge in [-0.25, -0.2) is 0 Å². The van der Waals surface area contributed by atoms with E-state index in [2.05, 4.69) is 51.7 Å². The first-order valence-electron chi connectivity index (χ1n) is 14.3. The second-order valence-corrected chi connectivity index (χ2v) is 12.4. The molecule has 4 aliphatic carbocycles. The third-order valence-corrected chi connectivity index (χ3v) is 10.1. The van der Waals surface area contributed by atoms with E-state index in [0.29, 0.717) is 41.8 Å². The Kier molecular flexibility index (Phi) is 8.28. The van der Waals surface area contributed by atoms with Crippen LogP contribution in [0, 0.1) is 28.6 Å². The van der Waals surface area contributed by atoms with Gasteiger partial charge in [-0.3, -0.25) is 4.79 Å². The summed E-state index contributed by atoms with van der Waals surface area (Å²) in [5.41, 5.74) is 3.70. The molecule has 2 N–H and O–H groups in total. The fourth-order valence-electron chi connectivity index (χ4n) is 7.72. The Bertz CT molecular complexity index is 888. The van der Waals surface area contributed by atoms with Crippen LogP contribution in [-0.2, 0) is 4.79 Å². The van der Waals surface area contributed by atoms with E-state index >= 15 is 0 Å². The van der Waals surface area contributed by atoms with Crippen LogP contribution in [0.5, 0.6) is 0 Å². The first-order chi connectivity index (χ1) is 16.7. The molecule has 35 heavy (non-hydrogen) atoms. The molecule has 0 aromatic rings. The smallest absolute Gasteiger partial charge is 0.139 e. The molecule has 3 heteroatoms. The van der Waals surface area contributed by atoms with E-state index in [0.717, 1.165) is 56.1 Å². The van der Waals surface area contributed by atoms with Crippen molar-refractivity contribution in [1.82, 2.24) is 0 Å². The fourth-order valence-corrected chi connectivity index (χ4v) is 7.72. The lowest BCUT2D eigenvalue weighted by Gasteiger charge is -2.44. The highest BCUT2D eigenvalue weighted by atomic mass is 16.3. The average molecular weight is 481 g/mol. The summed E-state index contributed by atoms with van der Waals surface area (Å²) in [6.07, 6.45) is 21.4. The summed E-state index contributed by atoms with van der Waals surface area (Å²) in [4.78, 5) is 12.4. The first kappa shape index (κ1) is 26.6. The Morgan fingerprint density at radius 2 is 1.97 bits per heavy atom. The monoisotopic (exact) mass is 480 g/mol. The number of aliphatic hydroxyl groups excluding tert-OH is 2. The number of fused-ring (bicyclic) bond motifs is 1. The topological polar surface area (TPSA) is 57.5 Å². The zero-order chi connectivity index (χ0) is 25.2. The van der Waals surface area contributed by atoms with Crippen molar-refractivity contribution in [3.05, 3.63) is 47.6 Å². The van der Waals surface area contributed by atoms with Crippen LogP contribution >= 0.6 is 0 Å². The molecule has 194 valence electrons. The van der Waals surface area contributed by atoms with Crippen molar-refractivity contribution in [2.45, 2.75) is 116 Å². The average Bonchev–Trinajstić information content (AvgIpc) is 3.52. The lowest BCUT2D eigenvalue weighted by Crippen LogP contribution is -2.35. The highest BCUT2D eigenvalue weighted by Crippen LogP contribution is 2.59. The molecule has 6 atom stereocenters. The van der Waals surface area contributed by atoms with E-state index in [1.54, 1.807) is 5.57 Å². The van der Waals surface area contributed by atoms with Crippen LogP contribution in [-0.4, -0.2) is 28.2 Å². The molecule has 4 fully saturated rings. The molecule has 0 spiro atoms. The second kappa shape index (κ2) is 10.9. The van der Waals surface area contributed by atoms with Crippen molar-refractivity contribution in [3.8, 4) is 0 Å². The van der Waals surface area contributed by atoms with Gasteiger partial charge in [0.15, 0.2) is 0 Å². The molecule has 4 saturated carbocycles. The number of ketones is 1. The van der Waals surface area contributed by atoms with E-state index in [4.69, 9.17) is 0 Å². The van der Waals surface area contributed by atoms with E-state index in [1.807, 2.05) is 0 Å². The van der Waals surface area contributed by atoms with Crippen LogP contribution in [0.1, 0.15) is 104 Å². The maximum atomic E-state index is 12.4. The van der Waals surface area contributed by atoms with Gasteiger partial charge >= 0.3 is 0 Å². The molecule has 0 aromatic carbocycles. The standard InChI is InChI=1S/C32H48O3/c1-5-9-30(35)32(18-19-32)17-7-6-10-22(2)27-14-15-28-24(11-8-16-31(27,28)4)12-13-25-20-26(33)21-29(34)23(25)3/h6,10,12-13,22,26-29,33-34H,3,5,7-9,11,14-21H2,1-2,4H3/b10-6+,24-12+,25-13-/t22-,26-,27-,28+,29+,31-/m1/s1. The van der Waals surface area contributed by atoms with Gasteiger partial charge in [0.2, 0.25) is 0 Å². The lowest BCUT2D eigenvalue weighted by atomic mass is 9.61. The lowest BCUT2D eigenvalue weighted by molar-refractivity contribution is -0.124. The van der Waals surface area contributed by atoms with Crippen LogP contribution in [0.15, 0.2) is 47.6 Å². The first-order valence-corrected chi connectivity index (χ1v) is 14.3. The van der Waals surface area contributed by atoms with Gasteiger partial charge in [-0.2, -0.15) is 0 Å². The summed E-state index contributed by atoms with van der Waals surface area (Å²) in [7, 11) is 0. The molecule has 3 nitrogen and oxygen atoms in total. The number of aliphatic hydroxyl groups is 2. The summed E-state index contributed by atoms with van der Waals surface area (Å²) in [6.45, 7) is 11.1. The van der Waals surface area contributed by atoms with Crippen LogP contribution in [0.3, 0.4) is 0 Å². The van der Waals surface area contributed by atoms with E-state index < -0.39 is 12.2 Å². The van der Waals surface area contributed by atoms with Crippen molar-refractivity contribution in [3.63, 3.8) is 0 Å². The van der Waals surface area contributed by atoms with Crippen molar-refractivity contribution >= 4 is 5.78 Å². The summed E-state index contributed by atoms with van der Waals surface area (Å²) >= 11 is 0. The molecule has 0 aliphatic heterocycles. The van der Waals surface area contributed by atoms with Gasteiger partial charge in [0.05, 0.1) is 12.2 Å². The van der Waals surface area contributed by atoms with Crippen molar-refractivity contribution in [2.24, 2.45) is 28.6 Å². The maximum Gasteiger partial charge on any atom is 0.139 e. The zero-order valence-electron chi connectivity index (χ0n) is 22.4. The number of rotatable bonds is 9. The molecule has 0 bridgehead atoms. The van der Waals surface area contributed by atoms with Crippen molar-refractivity contribution < 1.29 is 15.0 Å². The molecule has 0 unspecified atom stereocenters. The van der Waals surface area contributed by atoms with Gasteiger partial charge in [0, 0.05) is 18.3 Å². The molecule has 0 aromatic heterocycles. The molecule has 0 radical (unpaired) electrons. The Morgan fingerprint density at radius 1 is 1.20 bits per heavy atom. The van der Waals surface area contributed by atoms with E-state index in [1.165, 1.54) is 25.7 Å². The maximum absolute atomic E-state index is 12.4. The number of carbonyl (C=O) groups is 1. The molecule has 4 aliphatic rings. The molecule has 4 rings (SSSR count). The highest BCUT2D eigenvalue weighted by Gasteiger charge is 2.50. The number of hydrogen-bond donors (Lipinski definition) is 2. The number of Topliss-reactive ketones (excluding diaryl/α,β-unsaturated/α-hetero) is 1. The predicted molar refractivity (Wildman–Crippen MR) is 144 cm³/mol. The van der Waals surface area contributed by atoms with Crippen LogP contribution in [0.2, 0.25) is 0 Å². The number of hydrogen-bond acceptors (Lipinski definition) is 3. The van der Waals surface area contributed by atoms with Crippen LogP contribution < -0.4 is 0 Å². The zero-order valence-corrected chi connectivity index (χ0v) is 22.4. The van der Waals surface area contributed by atoms with E-state index in [-0.39, 0.29) is 5.41 Å². The van der Waals surface area contributed by atoms with Crippen LogP contribution in [0.25, 0.3) is 0 Å².